The number of amides is 1. The summed E-state index contributed by atoms with van der Waals surface area (Å²) in [5.41, 5.74) is 2.15. The van der Waals surface area contributed by atoms with Crippen molar-refractivity contribution < 1.29 is 9.53 Å². The lowest BCUT2D eigenvalue weighted by molar-refractivity contribution is -0.116. The lowest BCUT2D eigenvalue weighted by Gasteiger charge is -2.13. The van der Waals surface area contributed by atoms with Crippen molar-refractivity contribution in [2.75, 3.05) is 18.5 Å². The number of aromatic amines is 1. The highest BCUT2D eigenvalue weighted by atomic mass is 35.5. The highest BCUT2D eigenvalue weighted by Crippen LogP contribution is 2.23. The summed E-state index contributed by atoms with van der Waals surface area (Å²) in [6, 6.07) is 7.30. The summed E-state index contributed by atoms with van der Waals surface area (Å²) < 4.78 is 5.57. The van der Waals surface area contributed by atoms with Gasteiger partial charge in [-0.15, -0.1) is 0 Å². The Bertz CT molecular complexity index is 686. The van der Waals surface area contributed by atoms with Gasteiger partial charge in [0.1, 0.15) is 5.75 Å². The summed E-state index contributed by atoms with van der Waals surface area (Å²) in [7, 11) is 0. The first-order valence-electron chi connectivity index (χ1n) is 7.68. The van der Waals surface area contributed by atoms with E-state index in [1.54, 1.807) is 6.07 Å². The number of carbonyl (C=O) groups excluding carboxylic acids is 1. The number of ether oxygens (including phenoxy) is 1. The van der Waals surface area contributed by atoms with Crippen molar-refractivity contribution >= 4 is 23.3 Å². The predicted molar refractivity (Wildman–Crippen MR) is 88.8 cm³/mol. The van der Waals surface area contributed by atoms with Crippen LogP contribution in [-0.2, 0) is 17.8 Å². The summed E-state index contributed by atoms with van der Waals surface area (Å²) in [6.45, 7) is 2.12. The Morgan fingerprint density at radius 2 is 2.26 bits per heavy atom. The first-order valence-corrected chi connectivity index (χ1v) is 8.06. The molecule has 3 N–H and O–H groups in total. The van der Waals surface area contributed by atoms with Crippen molar-refractivity contribution in [3.05, 3.63) is 40.5 Å². The third-order valence-electron chi connectivity index (χ3n) is 3.71. The molecule has 1 aromatic carbocycles. The largest absolute Gasteiger partial charge is 0.492 e. The molecule has 3 rings (SSSR count). The Labute approximate surface area is 139 Å². The number of hydrogen-bond donors (Lipinski definition) is 3. The van der Waals surface area contributed by atoms with Gasteiger partial charge in [-0.05, 0) is 31.5 Å². The number of carbonyl (C=O) groups is 1. The number of benzene rings is 1. The molecule has 2 aromatic rings. The van der Waals surface area contributed by atoms with Gasteiger partial charge in [0.2, 0.25) is 5.91 Å². The molecule has 0 bridgehead atoms. The zero-order valence-corrected chi connectivity index (χ0v) is 13.4. The van der Waals surface area contributed by atoms with Crippen molar-refractivity contribution in [1.82, 2.24) is 15.5 Å². The fourth-order valence-electron chi connectivity index (χ4n) is 2.52. The second-order valence-electron chi connectivity index (χ2n) is 5.39. The molecule has 0 radical (unpaired) electrons. The van der Waals surface area contributed by atoms with Gasteiger partial charge in [0.15, 0.2) is 5.82 Å². The molecule has 6 nitrogen and oxygen atoms in total. The average molecular weight is 335 g/mol. The average Bonchev–Trinajstić information content (AvgIpc) is 2.96. The van der Waals surface area contributed by atoms with Gasteiger partial charge in [-0.3, -0.25) is 9.89 Å². The SMILES string of the molecule is O=C(CCCOc1ccccc1Cl)Nc1n[nH]c2c1CCNC2. The maximum Gasteiger partial charge on any atom is 0.225 e. The number of para-hydroxylation sites is 1. The van der Waals surface area contributed by atoms with Gasteiger partial charge in [0.05, 0.1) is 17.3 Å². The van der Waals surface area contributed by atoms with Crippen molar-refractivity contribution in [3.63, 3.8) is 0 Å². The highest BCUT2D eigenvalue weighted by molar-refractivity contribution is 6.32. The standard InChI is InChI=1S/C16H19ClN4O2/c17-12-4-1-2-5-14(12)23-9-3-6-15(22)19-16-11-7-8-18-10-13(11)20-21-16/h1-2,4-5,18H,3,6-10H2,(H2,19,20,21,22). The second-order valence-corrected chi connectivity index (χ2v) is 5.79. The molecule has 0 atom stereocenters. The Balaban J connectivity index is 1.43. The quantitative estimate of drug-likeness (QED) is 0.709. The molecule has 1 aromatic heterocycles. The van der Waals surface area contributed by atoms with E-state index < -0.39 is 0 Å². The van der Waals surface area contributed by atoms with Crippen LogP contribution in [0, 0.1) is 0 Å². The number of halogens is 1. The maximum atomic E-state index is 12.0. The summed E-state index contributed by atoms with van der Waals surface area (Å²) >= 11 is 6.01. The van der Waals surface area contributed by atoms with Crippen LogP contribution in [0.25, 0.3) is 0 Å². The third-order valence-corrected chi connectivity index (χ3v) is 4.02. The molecule has 2 heterocycles. The van der Waals surface area contributed by atoms with E-state index in [2.05, 4.69) is 20.8 Å². The van der Waals surface area contributed by atoms with Crippen LogP contribution in [0.4, 0.5) is 5.82 Å². The molecular formula is C16H19ClN4O2. The van der Waals surface area contributed by atoms with Gasteiger partial charge in [-0.25, -0.2) is 0 Å². The monoisotopic (exact) mass is 334 g/mol. The number of hydrogen-bond acceptors (Lipinski definition) is 4. The molecule has 23 heavy (non-hydrogen) atoms. The lowest BCUT2D eigenvalue weighted by Crippen LogP contribution is -2.24. The normalized spacial score (nSPS) is 13.4. The Morgan fingerprint density at radius 3 is 3.13 bits per heavy atom. The van der Waals surface area contributed by atoms with E-state index in [0.717, 1.165) is 30.8 Å². The van der Waals surface area contributed by atoms with Crippen LogP contribution in [0.2, 0.25) is 5.02 Å². The zero-order chi connectivity index (χ0) is 16.1. The first kappa shape index (κ1) is 15.8. The van der Waals surface area contributed by atoms with E-state index in [9.17, 15) is 4.79 Å². The van der Waals surface area contributed by atoms with Gasteiger partial charge in [-0.1, -0.05) is 23.7 Å². The number of H-pyrrole nitrogens is 1. The lowest BCUT2D eigenvalue weighted by atomic mass is 10.1. The molecule has 0 unspecified atom stereocenters. The van der Waals surface area contributed by atoms with E-state index in [1.807, 2.05) is 18.2 Å². The first-order chi connectivity index (χ1) is 11.2. The van der Waals surface area contributed by atoms with Gasteiger partial charge in [0.25, 0.3) is 0 Å². The molecule has 0 saturated heterocycles. The van der Waals surface area contributed by atoms with Gasteiger partial charge >= 0.3 is 0 Å². The molecule has 1 amide bonds. The van der Waals surface area contributed by atoms with E-state index in [1.165, 1.54) is 0 Å². The number of nitrogens with one attached hydrogen (secondary N) is 3. The van der Waals surface area contributed by atoms with Crippen molar-refractivity contribution in [1.29, 1.82) is 0 Å². The van der Waals surface area contributed by atoms with Crippen LogP contribution in [0.1, 0.15) is 24.1 Å². The molecule has 0 spiro atoms. The molecule has 7 heteroatoms. The van der Waals surface area contributed by atoms with Crippen LogP contribution in [0.3, 0.4) is 0 Å². The summed E-state index contributed by atoms with van der Waals surface area (Å²) in [5.74, 6) is 1.24. The van der Waals surface area contributed by atoms with Crippen LogP contribution >= 0.6 is 11.6 Å². The number of rotatable bonds is 6. The summed E-state index contributed by atoms with van der Waals surface area (Å²) in [6.07, 6.45) is 1.87. The summed E-state index contributed by atoms with van der Waals surface area (Å²) in [5, 5.41) is 13.8. The topological polar surface area (TPSA) is 79.0 Å². The fraction of sp³-hybridized carbons (Fsp3) is 0.375. The predicted octanol–water partition coefficient (Wildman–Crippen LogP) is 2.51. The number of fused-ring (bicyclic) bond motifs is 1. The molecular weight excluding hydrogens is 316 g/mol. The van der Waals surface area contributed by atoms with Gasteiger partial charge < -0.3 is 15.4 Å². The van der Waals surface area contributed by atoms with Crippen molar-refractivity contribution in [2.45, 2.75) is 25.8 Å². The van der Waals surface area contributed by atoms with Crippen molar-refractivity contribution in [3.8, 4) is 5.75 Å². The molecule has 122 valence electrons. The van der Waals surface area contributed by atoms with Gasteiger partial charge in [-0.2, -0.15) is 5.10 Å². The summed E-state index contributed by atoms with van der Waals surface area (Å²) in [4.78, 5) is 12.0. The zero-order valence-electron chi connectivity index (χ0n) is 12.7. The molecule has 0 saturated carbocycles. The molecule has 0 aliphatic carbocycles. The van der Waals surface area contributed by atoms with E-state index >= 15 is 0 Å². The molecule has 1 aliphatic rings. The minimum atomic E-state index is -0.0550. The minimum absolute atomic E-state index is 0.0550. The minimum Gasteiger partial charge on any atom is -0.492 e. The molecule has 1 aliphatic heterocycles. The number of aromatic nitrogens is 2. The van der Waals surface area contributed by atoms with Gasteiger partial charge in [0, 0.05) is 18.5 Å². The third kappa shape index (κ3) is 4.03. The van der Waals surface area contributed by atoms with Crippen LogP contribution in [-0.4, -0.2) is 29.3 Å². The van der Waals surface area contributed by atoms with Crippen molar-refractivity contribution in [2.24, 2.45) is 0 Å². The Hall–Kier alpha value is -2.05. The highest BCUT2D eigenvalue weighted by Gasteiger charge is 2.17. The van der Waals surface area contributed by atoms with Crippen LogP contribution in [0.15, 0.2) is 24.3 Å². The number of nitrogens with zero attached hydrogens (tertiary/aromatic N) is 1. The van der Waals surface area contributed by atoms with E-state index in [4.69, 9.17) is 16.3 Å². The Morgan fingerprint density at radius 1 is 1.39 bits per heavy atom. The van der Waals surface area contributed by atoms with E-state index in [-0.39, 0.29) is 5.91 Å². The van der Waals surface area contributed by atoms with E-state index in [0.29, 0.717) is 36.0 Å². The van der Waals surface area contributed by atoms with Crippen LogP contribution in [0.5, 0.6) is 5.75 Å². The Kier molecular flexibility index (Phi) is 5.15. The smallest absolute Gasteiger partial charge is 0.225 e. The second kappa shape index (κ2) is 7.48. The fourth-order valence-corrected chi connectivity index (χ4v) is 2.71. The molecule has 0 fully saturated rings. The number of anilines is 1. The van der Waals surface area contributed by atoms with Crippen LogP contribution < -0.4 is 15.4 Å². The maximum absolute atomic E-state index is 12.0.